The van der Waals surface area contributed by atoms with Gasteiger partial charge in [-0.15, -0.1) is 0 Å². The molecule has 1 aromatic heterocycles. The number of nitrogens with zero attached hydrogens (tertiary/aromatic N) is 2. The molecule has 0 fully saturated rings. The van der Waals surface area contributed by atoms with Gasteiger partial charge in [0.05, 0.1) is 18.8 Å². The van der Waals surface area contributed by atoms with Crippen LogP contribution in [0.3, 0.4) is 0 Å². The Morgan fingerprint density at radius 3 is 2.08 bits per heavy atom. The number of imidazole rings is 1. The largest absolute Gasteiger partial charge is 0.481 e. The van der Waals surface area contributed by atoms with Crippen LogP contribution in [0.4, 0.5) is 0 Å². The zero-order chi connectivity index (χ0) is 29.5. The average molecular weight is 555 g/mol. The van der Waals surface area contributed by atoms with Crippen molar-refractivity contribution in [2.45, 2.75) is 62.7 Å². The molecule has 0 aliphatic carbocycles. The maximum Gasteiger partial charge on any atom is 0.326 e. The summed E-state index contributed by atoms with van der Waals surface area (Å²) >= 11 is 0. The summed E-state index contributed by atoms with van der Waals surface area (Å²) in [5.74, 6) is -6.68. The monoisotopic (exact) mass is 554 g/mol. The number of aliphatic carboxylic acids is 2. The minimum atomic E-state index is -1.65. The van der Waals surface area contributed by atoms with Gasteiger partial charge in [-0.2, -0.15) is 0 Å². The van der Waals surface area contributed by atoms with Gasteiger partial charge >= 0.3 is 11.9 Å². The number of primary amides is 1. The van der Waals surface area contributed by atoms with E-state index in [1.54, 1.807) is 0 Å². The van der Waals surface area contributed by atoms with Crippen molar-refractivity contribution < 1.29 is 39.0 Å². The molecule has 216 valence electrons. The Bertz CT molecular complexity index is 1040. The molecule has 18 nitrogen and oxygen atoms in total. The first-order valence-electron chi connectivity index (χ1n) is 11.7. The van der Waals surface area contributed by atoms with E-state index in [9.17, 15) is 39.0 Å². The van der Waals surface area contributed by atoms with Crippen molar-refractivity contribution in [3.8, 4) is 0 Å². The van der Waals surface area contributed by atoms with Crippen LogP contribution in [-0.2, 0) is 35.2 Å². The van der Waals surface area contributed by atoms with Crippen LogP contribution in [-0.4, -0.2) is 92.4 Å². The number of hydrogen-bond donors (Lipinski definition) is 10. The van der Waals surface area contributed by atoms with Crippen LogP contribution < -0.4 is 38.9 Å². The predicted molar refractivity (Wildman–Crippen MR) is 134 cm³/mol. The van der Waals surface area contributed by atoms with Crippen molar-refractivity contribution in [2.24, 2.45) is 27.9 Å². The van der Waals surface area contributed by atoms with E-state index in [2.05, 4.69) is 30.9 Å². The number of carboxylic acids is 2. The number of nitrogens with two attached hydrogens (primary N) is 4. The van der Waals surface area contributed by atoms with Crippen molar-refractivity contribution in [2.75, 3.05) is 6.54 Å². The lowest BCUT2D eigenvalue weighted by Gasteiger charge is -2.24. The molecule has 39 heavy (non-hydrogen) atoms. The number of carbonyl (C=O) groups excluding carboxylic acids is 4. The van der Waals surface area contributed by atoms with Crippen LogP contribution in [0.5, 0.6) is 0 Å². The Kier molecular flexibility index (Phi) is 13.4. The normalized spacial score (nSPS) is 13.7. The van der Waals surface area contributed by atoms with Gasteiger partial charge in [0.1, 0.15) is 18.1 Å². The maximum atomic E-state index is 12.9. The van der Waals surface area contributed by atoms with E-state index in [-0.39, 0.29) is 38.2 Å². The number of aromatic nitrogens is 2. The standard InChI is InChI=1S/C21H34N10O8/c22-11(2-1-5-27-21(24)25)17(35)30-13(7-16(33)34)19(37)29-12(3-4-15(23)32)18(36)31-14(20(38)39)6-10-8-26-9-28-10/h8-9,11-14H,1-7,22H2,(H2,23,32)(H,26,28)(H,29,37)(H,30,35)(H,31,36)(H,33,34)(H,38,39)(H4,24,25,27). The zero-order valence-corrected chi connectivity index (χ0v) is 21.0. The van der Waals surface area contributed by atoms with E-state index in [0.717, 1.165) is 0 Å². The summed E-state index contributed by atoms with van der Waals surface area (Å²) in [6, 6.07) is -5.70. The number of nitrogens with one attached hydrogen (secondary N) is 4. The van der Waals surface area contributed by atoms with Crippen molar-refractivity contribution in [1.29, 1.82) is 0 Å². The molecule has 18 heteroatoms. The molecule has 1 heterocycles. The second kappa shape index (κ2) is 16.2. The number of carbonyl (C=O) groups is 6. The molecule has 0 aliphatic heterocycles. The van der Waals surface area contributed by atoms with Gasteiger partial charge in [0.15, 0.2) is 5.96 Å². The summed E-state index contributed by atoms with van der Waals surface area (Å²) in [5.41, 5.74) is 21.8. The van der Waals surface area contributed by atoms with Gasteiger partial charge in [-0.1, -0.05) is 0 Å². The lowest BCUT2D eigenvalue weighted by atomic mass is 10.1. The average Bonchev–Trinajstić information content (AvgIpc) is 3.35. The van der Waals surface area contributed by atoms with Gasteiger partial charge in [-0.3, -0.25) is 29.0 Å². The number of carboxylic acid groups (broad SMARTS) is 2. The molecule has 1 rings (SSSR count). The molecule has 14 N–H and O–H groups in total. The zero-order valence-electron chi connectivity index (χ0n) is 21.0. The highest BCUT2D eigenvalue weighted by Crippen LogP contribution is 2.05. The second-order valence-electron chi connectivity index (χ2n) is 8.46. The summed E-state index contributed by atoms with van der Waals surface area (Å²) < 4.78 is 0. The van der Waals surface area contributed by atoms with Crippen LogP contribution in [0.25, 0.3) is 0 Å². The molecule has 0 aromatic carbocycles. The first kappa shape index (κ1) is 32.3. The van der Waals surface area contributed by atoms with E-state index in [4.69, 9.17) is 22.9 Å². The third-order valence-electron chi connectivity index (χ3n) is 5.22. The molecule has 0 saturated carbocycles. The molecule has 4 unspecified atom stereocenters. The SMILES string of the molecule is NC(=O)CCC(NC(=O)C(CC(=O)O)NC(=O)C(N)CCCN=C(N)N)C(=O)NC(Cc1cnc[nH]1)C(=O)O. The van der Waals surface area contributed by atoms with Crippen molar-refractivity contribution in [1.82, 2.24) is 25.9 Å². The van der Waals surface area contributed by atoms with E-state index in [1.807, 2.05) is 0 Å². The van der Waals surface area contributed by atoms with Crippen LogP contribution in [0, 0.1) is 0 Å². The molecule has 0 spiro atoms. The topological polar surface area (TPSA) is 324 Å². The number of rotatable bonds is 18. The van der Waals surface area contributed by atoms with Crippen LogP contribution in [0.15, 0.2) is 17.5 Å². The molecule has 0 aliphatic rings. The summed E-state index contributed by atoms with van der Waals surface area (Å²) in [6.45, 7) is 0.191. The fourth-order valence-electron chi connectivity index (χ4n) is 3.23. The Hall–Kier alpha value is -4.74. The molecule has 1 aromatic rings. The molecule has 0 saturated heterocycles. The van der Waals surface area contributed by atoms with Gasteiger partial charge < -0.3 is 54.1 Å². The van der Waals surface area contributed by atoms with Crippen molar-refractivity contribution in [3.63, 3.8) is 0 Å². The number of aromatic amines is 1. The Morgan fingerprint density at radius 1 is 0.923 bits per heavy atom. The molecular formula is C21H34N10O8. The summed E-state index contributed by atoms with van der Waals surface area (Å²) in [4.78, 5) is 82.8. The smallest absolute Gasteiger partial charge is 0.326 e. The molecule has 4 amide bonds. The van der Waals surface area contributed by atoms with Gasteiger partial charge in [-0.05, 0) is 19.3 Å². The van der Waals surface area contributed by atoms with Crippen LogP contribution in [0.2, 0.25) is 0 Å². The third-order valence-corrected chi connectivity index (χ3v) is 5.22. The van der Waals surface area contributed by atoms with Gasteiger partial charge in [0.2, 0.25) is 23.6 Å². The van der Waals surface area contributed by atoms with E-state index in [1.165, 1.54) is 12.5 Å². The van der Waals surface area contributed by atoms with Crippen molar-refractivity contribution in [3.05, 3.63) is 18.2 Å². The number of aliphatic imine (C=N–C) groups is 1. The fraction of sp³-hybridized carbons (Fsp3) is 0.524. The Morgan fingerprint density at radius 2 is 1.54 bits per heavy atom. The second-order valence-corrected chi connectivity index (χ2v) is 8.46. The molecule has 4 atom stereocenters. The summed E-state index contributed by atoms with van der Waals surface area (Å²) in [6.07, 6.45) is 1.38. The Labute approximate surface area is 222 Å². The van der Waals surface area contributed by atoms with E-state index in [0.29, 0.717) is 12.1 Å². The minimum Gasteiger partial charge on any atom is -0.481 e. The highest BCUT2D eigenvalue weighted by atomic mass is 16.4. The Balaban J connectivity index is 2.96. The first-order valence-corrected chi connectivity index (χ1v) is 11.7. The summed E-state index contributed by atoms with van der Waals surface area (Å²) in [5, 5.41) is 25.4. The molecular weight excluding hydrogens is 520 g/mol. The number of guanidine groups is 1. The maximum absolute atomic E-state index is 12.9. The fourth-order valence-corrected chi connectivity index (χ4v) is 3.23. The predicted octanol–water partition coefficient (Wildman–Crippen LogP) is -4.39. The van der Waals surface area contributed by atoms with E-state index < -0.39 is 66.2 Å². The van der Waals surface area contributed by atoms with Crippen LogP contribution in [0.1, 0.15) is 37.8 Å². The summed E-state index contributed by atoms with van der Waals surface area (Å²) in [7, 11) is 0. The lowest BCUT2D eigenvalue weighted by Crippen LogP contribution is -2.57. The lowest BCUT2D eigenvalue weighted by molar-refractivity contribution is -0.143. The number of hydrogen-bond acceptors (Lipinski definition) is 9. The molecule has 0 bridgehead atoms. The van der Waals surface area contributed by atoms with Gasteiger partial charge in [0, 0.05) is 31.3 Å². The van der Waals surface area contributed by atoms with E-state index >= 15 is 0 Å². The third kappa shape index (κ3) is 12.9. The highest BCUT2D eigenvalue weighted by Gasteiger charge is 2.31. The first-order chi connectivity index (χ1) is 18.3. The van der Waals surface area contributed by atoms with Gasteiger partial charge in [0.25, 0.3) is 0 Å². The quantitative estimate of drug-likeness (QED) is 0.0467. The molecule has 0 radical (unpaired) electrons. The highest BCUT2D eigenvalue weighted by molar-refractivity contribution is 5.95. The number of H-pyrrole nitrogens is 1. The number of amides is 4. The van der Waals surface area contributed by atoms with Crippen molar-refractivity contribution >= 4 is 41.5 Å². The van der Waals surface area contributed by atoms with Gasteiger partial charge in [-0.25, -0.2) is 9.78 Å². The van der Waals surface area contributed by atoms with Crippen LogP contribution >= 0.6 is 0 Å². The minimum absolute atomic E-state index is 0.112.